The zero-order valence-corrected chi connectivity index (χ0v) is 14.4. The largest absolute Gasteiger partial charge is 0.301 e. The Morgan fingerprint density at radius 1 is 0.900 bits per heavy atom. The molecule has 1 aliphatic heterocycles. The number of nitrogens with zero attached hydrogens (tertiary/aromatic N) is 2. The van der Waals surface area contributed by atoms with Crippen LogP contribution in [0.5, 0.6) is 0 Å². The first kappa shape index (κ1) is 15.5. The van der Waals surface area contributed by atoms with E-state index in [1.165, 1.54) is 84.1 Å². The topological polar surface area (TPSA) is 6.48 Å². The van der Waals surface area contributed by atoms with Crippen LogP contribution < -0.4 is 0 Å². The lowest BCUT2D eigenvalue weighted by Crippen LogP contribution is -2.51. The van der Waals surface area contributed by atoms with E-state index in [4.69, 9.17) is 0 Å². The van der Waals surface area contributed by atoms with E-state index in [0.717, 1.165) is 17.2 Å². The highest BCUT2D eigenvalue weighted by atomic mass is 33.1. The second kappa shape index (κ2) is 7.75. The zero-order valence-electron chi connectivity index (χ0n) is 12.7. The van der Waals surface area contributed by atoms with Crippen molar-refractivity contribution in [2.24, 2.45) is 5.92 Å². The van der Waals surface area contributed by atoms with Crippen molar-refractivity contribution in [1.29, 1.82) is 0 Å². The average molecular weight is 315 g/mol. The third-order valence-electron chi connectivity index (χ3n) is 5.79. The molecule has 1 saturated heterocycles. The summed E-state index contributed by atoms with van der Waals surface area (Å²) >= 11 is 4.38. The maximum Gasteiger partial charge on any atom is 0.0150 e. The molecule has 2 saturated carbocycles. The van der Waals surface area contributed by atoms with E-state index in [2.05, 4.69) is 21.5 Å². The van der Waals surface area contributed by atoms with Gasteiger partial charge in [0.25, 0.3) is 0 Å². The molecular weight excluding hydrogens is 284 g/mol. The van der Waals surface area contributed by atoms with Gasteiger partial charge in [0.2, 0.25) is 0 Å². The van der Waals surface area contributed by atoms with Crippen LogP contribution in [0.25, 0.3) is 0 Å². The van der Waals surface area contributed by atoms with E-state index < -0.39 is 0 Å². The molecule has 1 heterocycles. The number of hydrogen-bond acceptors (Lipinski definition) is 4. The first-order valence-electron chi connectivity index (χ1n) is 8.62. The van der Waals surface area contributed by atoms with Crippen LogP contribution >= 0.6 is 22.5 Å². The summed E-state index contributed by atoms with van der Waals surface area (Å²) in [6, 6.07) is 0.875. The van der Waals surface area contributed by atoms with Gasteiger partial charge in [0.15, 0.2) is 0 Å². The fourth-order valence-corrected chi connectivity index (χ4v) is 5.13. The molecule has 0 aromatic carbocycles. The number of rotatable bonds is 5. The van der Waals surface area contributed by atoms with Crippen molar-refractivity contribution in [2.45, 2.75) is 62.7 Å². The third kappa shape index (κ3) is 4.08. The van der Waals surface area contributed by atoms with Crippen LogP contribution in [0.4, 0.5) is 0 Å². The second-order valence-corrected chi connectivity index (χ2v) is 8.51. The van der Waals surface area contributed by atoms with Crippen molar-refractivity contribution < 1.29 is 0 Å². The van der Waals surface area contributed by atoms with Crippen molar-refractivity contribution in [2.75, 3.05) is 32.7 Å². The van der Waals surface area contributed by atoms with Crippen molar-refractivity contribution in [3.05, 3.63) is 0 Å². The Morgan fingerprint density at radius 3 is 2.15 bits per heavy atom. The predicted molar refractivity (Wildman–Crippen MR) is 92.6 cm³/mol. The summed E-state index contributed by atoms with van der Waals surface area (Å²) in [5.41, 5.74) is 0. The van der Waals surface area contributed by atoms with Crippen LogP contribution in [-0.2, 0) is 0 Å². The van der Waals surface area contributed by atoms with Crippen LogP contribution in [-0.4, -0.2) is 53.8 Å². The quantitative estimate of drug-likeness (QED) is 0.611. The molecule has 2 aliphatic carbocycles. The Kier molecular flexibility index (Phi) is 6.01. The summed E-state index contributed by atoms with van der Waals surface area (Å²) in [5.74, 6) is 1.07. The van der Waals surface area contributed by atoms with Gasteiger partial charge in [-0.1, -0.05) is 30.1 Å². The normalized spacial score (nSPS) is 34.0. The lowest BCUT2D eigenvalue weighted by molar-refractivity contribution is 0.0742. The van der Waals surface area contributed by atoms with Crippen LogP contribution in [0.15, 0.2) is 0 Å². The van der Waals surface area contributed by atoms with Crippen molar-refractivity contribution in [1.82, 2.24) is 9.80 Å². The summed E-state index contributed by atoms with van der Waals surface area (Å²) in [6.07, 6.45) is 11.5. The minimum atomic E-state index is 0.818. The second-order valence-electron chi connectivity index (χ2n) is 7.00. The van der Waals surface area contributed by atoms with Crippen LogP contribution in [0.2, 0.25) is 0 Å². The molecule has 0 aromatic heterocycles. The summed E-state index contributed by atoms with van der Waals surface area (Å²) in [7, 11) is 1.78. The molecule has 0 amide bonds. The molecule has 4 heteroatoms. The number of thiol groups is 1. The fourth-order valence-electron chi connectivity index (χ4n) is 4.01. The van der Waals surface area contributed by atoms with Crippen LogP contribution in [0, 0.1) is 5.92 Å². The molecule has 20 heavy (non-hydrogen) atoms. The van der Waals surface area contributed by atoms with Gasteiger partial charge in [-0.05, 0) is 44.6 Å². The Morgan fingerprint density at radius 2 is 1.60 bits per heavy atom. The fraction of sp³-hybridized carbons (Fsp3) is 1.00. The van der Waals surface area contributed by atoms with Crippen molar-refractivity contribution in [3.63, 3.8) is 0 Å². The van der Waals surface area contributed by atoms with Crippen molar-refractivity contribution in [3.8, 4) is 0 Å². The summed E-state index contributed by atoms with van der Waals surface area (Å²) in [4.78, 5) is 5.49. The molecule has 0 radical (unpaired) electrons. The Hall–Kier alpha value is 0.620. The van der Waals surface area contributed by atoms with E-state index in [0.29, 0.717) is 0 Å². The van der Waals surface area contributed by atoms with Crippen LogP contribution in [0.3, 0.4) is 0 Å². The van der Waals surface area contributed by atoms with Gasteiger partial charge < -0.3 is 4.90 Å². The Labute approximate surface area is 133 Å². The van der Waals surface area contributed by atoms with Gasteiger partial charge in [0, 0.05) is 37.5 Å². The minimum absolute atomic E-state index is 0.818. The highest BCUT2D eigenvalue weighted by Gasteiger charge is 2.28. The number of piperazine rings is 1. The molecule has 0 bridgehead atoms. The lowest BCUT2D eigenvalue weighted by Gasteiger charge is -2.42. The molecule has 3 aliphatic rings. The van der Waals surface area contributed by atoms with Gasteiger partial charge in [-0.2, -0.15) is 0 Å². The third-order valence-corrected chi connectivity index (χ3v) is 7.46. The van der Waals surface area contributed by atoms with E-state index >= 15 is 0 Å². The maximum absolute atomic E-state index is 4.38. The molecule has 116 valence electrons. The average Bonchev–Trinajstić information content (AvgIpc) is 2.46. The molecular formula is C16H30N2S2. The van der Waals surface area contributed by atoms with E-state index in [1.807, 2.05) is 0 Å². The maximum atomic E-state index is 4.38. The van der Waals surface area contributed by atoms with Gasteiger partial charge in [-0.15, -0.1) is 11.7 Å². The van der Waals surface area contributed by atoms with E-state index in [9.17, 15) is 0 Å². The highest BCUT2D eigenvalue weighted by molar-refractivity contribution is 8.68. The first-order valence-corrected chi connectivity index (χ1v) is 10.5. The first-order chi connectivity index (χ1) is 9.85. The van der Waals surface area contributed by atoms with E-state index in [-0.39, 0.29) is 0 Å². The summed E-state index contributed by atoms with van der Waals surface area (Å²) in [6.45, 7) is 6.62. The van der Waals surface area contributed by atoms with E-state index in [1.54, 1.807) is 10.8 Å². The summed E-state index contributed by atoms with van der Waals surface area (Å²) < 4.78 is 0. The molecule has 0 N–H and O–H groups in total. The molecule has 0 aromatic rings. The molecule has 3 rings (SSSR count). The molecule has 0 unspecified atom stereocenters. The Balaban J connectivity index is 1.33. The molecule has 0 atom stereocenters. The SMILES string of the molecule is SSC1CCC(N2CCN(CCC3CCC3)CC2)CC1. The van der Waals surface area contributed by atoms with Gasteiger partial charge in [0.1, 0.15) is 0 Å². The van der Waals surface area contributed by atoms with Gasteiger partial charge in [-0.25, -0.2) is 0 Å². The number of hydrogen-bond donors (Lipinski definition) is 1. The molecule has 0 spiro atoms. The predicted octanol–water partition coefficient (Wildman–Crippen LogP) is 3.68. The summed E-state index contributed by atoms with van der Waals surface area (Å²) in [5, 5.41) is 0.818. The molecule has 3 fully saturated rings. The minimum Gasteiger partial charge on any atom is -0.301 e. The molecule has 2 nitrogen and oxygen atoms in total. The van der Waals surface area contributed by atoms with Crippen molar-refractivity contribution >= 4 is 22.5 Å². The Bertz CT molecular complexity index is 280. The lowest BCUT2D eigenvalue weighted by atomic mass is 9.83. The highest BCUT2D eigenvalue weighted by Crippen LogP contribution is 2.33. The standard InChI is InChI=1S/C16H30N2S2/c19-20-16-6-4-15(5-7-16)18-12-10-17(11-13-18)9-8-14-2-1-3-14/h14-16,19H,1-13H2. The van der Waals surface area contributed by atoms with Gasteiger partial charge in [0.05, 0.1) is 0 Å². The van der Waals surface area contributed by atoms with Crippen LogP contribution in [0.1, 0.15) is 51.4 Å². The van der Waals surface area contributed by atoms with Gasteiger partial charge in [-0.3, -0.25) is 4.90 Å². The van der Waals surface area contributed by atoms with Gasteiger partial charge >= 0.3 is 0 Å². The monoisotopic (exact) mass is 314 g/mol. The zero-order chi connectivity index (χ0) is 13.8. The smallest absolute Gasteiger partial charge is 0.0150 e.